The second kappa shape index (κ2) is 11.3. The summed E-state index contributed by atoms with van der Waals surface area (Å²) in [4.78, 5) is 28.8. The molecule has 2 aliphatic heterocycles. The zero-order valence-electron chi connectivity index (χ0n) is 29.4. The first-order valence-corrected chi connectivity index (χ1v) is 17.9. The average molecular weight is 627 g/mol. The van der Waals surface area contributed by atoms with Crippen molar-refractivity contribution < 1.29 is 33.3 Å². The van der Waals surface area contributed by atoms with Crippen LogP contribution in [-0.4, -0.2) is 53.3 Å². The number of hydrogen-bond acceptors (Lipinski definition) is 7. The lowest BCUT2D eigenvalue weighted by Crippen LogP contribution is -2.67. The second-order valence-corrected chi connectivity index (χ2v) is 16.6. The molecule has 0 aromatic rings. The maximum absolute atomic E-state index is 15.3. The summed E-state index contributed by atoms with van der Waals surface area (Å²) in [6.07, 6.45) is 15.1. The van der Waals surface area contributed by atoms with Crippen LogP contribution in [0.3, 0.4) is 0 Å². The zero-order chi connectivity index (χ0) is 32.6. The van der Waals surface area contributed by atoms with Crippen LogP contribution >= 0.6 is 0 Å². The van der Waals surface area contributed by atoms with Crippen molar-refractivity contribution in [1.82, 2.24) is 0 Å². The van der Waals surface area contributed by atoms with E-state index in [2.05, 4.69) is 46.8 Å². The summed E-state index contributed by atoms with van der Waals surface area (Å²) >= 11 is 0. The zero-order valence-corrected chi connectivity index (χ0v) is 29.4. The lowest BCUT2D eigenvalue weighted by molar-refractivity contribution is -0.304. The maximum Gasteiger partial charge on any atom is 0.306 e. The third-order valence-corrected chi connectivity index (χ3v) is 12.4. The summed E-state index contributed by atoms with van der Waals surface area (Å²) in [5.41, 5.74) is -1.23. The smallest absolute Gasteiger partial charge is 0.306 e. The molecule has 6 rings (SSSR count). The summed E-state index contributed by atoms with van der Waals surface area (Å²) in [5.74, 6) is -2.52. The van der Waals surface area contributed by atoms with Gasteiger partial charge in [-0.25, -0.2) is 0 Å². The molecule has 252 valence electrons. The summed E-state index contributed by atoms with van der Waals surface area (Å²) in [6, 6.07) is 0. The van der Waals surface area contributed by atoms with E-state index >= 15 is 4.79 Å². The van der Waals surface area contributed by atoms with Gasteiger partial charge in [-0.2, -0.15) is 0 Å². The number of ketones is 1. The first-order valence-electron chi connectivity index (χ1n) is 17.9. The van der Waals surface area contributed by atoms with Gasteiger partial charge in [-0.15, -0.1) is 0 Å². The van der Waals surface area contributed by atoms with E-state index in [1.807, 2.05) is 27.7 Å². The topological polar surface area (TPSA) is 80.3 Å². The molecule has 2 heterocycles. The molecule has 2 spiro atoms. The molecular weight excluding hydrogens is 568 g/mol. The molecule has 0 amide bonds. The minimum atomic E-state index is -1.08. The third kappa shape index (κ3) is 4.95. The van der Waals surface area contributed by atoms with Gasteiger partial charge in [-0.3, -0.25) is 9.59 Å². The monoisotopic (exact) mass is 626 g/mol. The standard InChI is InChI=1S/C38H58O7/c1-10-11-12-13-14-15-16-17-18-19-28(39)42-37-22-25(3)36-21-24(2)31-38(36,45-35(8,9)43-31)32-26(23-41-34(6,7)44-32)20-27(30(36)40)29(37)33(37,4)5/h20-21,25,27,29,31-32H,10-19,22-23H2,1-9H3/t25-,27+,29-,31+,32-,36+,37+,38-/m1/s1. The maximum atomic E-state index is 15.3. The lowest BCUT2D eigenvalue weighted by Gasteiger charge is -2.53. The number of allylic oxidation sites excluding steroid dienone is 1. The molecule has 0 unspecified atom stereocenters. The van der Waals surface area contributed by atoms with Crippen LogP contribution in [0.1, 0.15) is 133 Å². The largest absolute Gasteiger partial charge is 0.458 e. The molecular formula is C38H58O7. The molecule has 0 radical (unpaired) electrons. The highest BCUT2D eigenvalue weighted by molar-refractivity contribution is 5.96. The van der Waals surface area contributed by atoms with Crippen molar-refractivity contribution in [2.24, 2.45) is 28.6 Å². The summed E-state index contributed by atoms with van der Waals surface area (Å²) in [5, 5.41) is 0. The van der Waals surface area contributed by atoms with Gasteiger partial charge >= 0.3 is 5.97 Å². The highest BCUT2D eigenvalue weighted by Crippen LogP contribution is 2.76. The Bertz CT molecular complexity index is 1260. The van der Waals surface area contributed by atoms with Gasteiger partial charge in [-0.1, -0.05) is 91.2 Å². The Kier molecular flexibility index (Phi) is 8.36. The van der Waals surface area contributed by atoms with Gasteiger partial charge < -0.3 is 23.7 Å². The first kappa shape index (κ1) is 33.4. The SMILES string of the molecule is CCCCCCCCCCCC(=O)O[C@@]12C[C@@H](C)[C@]34C=C(C)[C@@H]5OC(C)(C)O[C@@]53[C@@H]3OC(C)(C)OCC3=C[C@H](C4=O)[C@@H]1C2(C)C. The van der Waals surface area contributed by atoms with Crippen LogP contribution in [0.25, 0.3) is 0 Å². The number of Topliss-reactive ketones (excluding diaryl/α,β-unsaturated/α-hetero) is 1. The van der Waals surface area contributed by atoms with E-state index < -0.39 is 46.3 Å². The van der Waals surface area contributed by atoms with Crippen LogP contribution < -0.4 is 0 Å². The van der Waals surface area contributed by atoms with Gasteiger partial charge in [0.15, 0.2) is 17.4 Å². The fourth-order valence-electron chi connectivity index (χ4n) is 10.3. The van der Waals surface area contributed by atoms with Gasteiger partial charge in [-0.05, 0) is 64.5 Å². The third-order valence-electron chi connectivity index (χ3n) is 12.4. The van der Waals surface area contributed by atoms with Crippen LogP contribution in [0.2, 0.25) is 0 Å². The van der Waals surface area contributed by atoms with Crippen molar-refractivity contribution in [1.29, 1.82) is 0 Å². The molecule has 7 nitrogen and oxygen atoms in total. The Morgan fingerprint density at radius 3 is 2.20 bits per heavy atom. The van der Waals surface area contributed by atoms with E-state index in [1.54, 1.807) is 0 Å². The minimum absolute atomic E-state index is 0.132. The van der Waals surface area contributed by atoms with Crippen molar-refractivity contribution in [3.63, 3.8) is 0 Å². The highest BCUT2D eigenvalue weighted by atomic mass is 16.8. The number of ether oxygens (including phenoxy) is 5. The molecule has 4 fully saturated rings. The Morgan fingerprint density at radius 2 is 1.53 bits per heavy atom. The molecule has 2 saturated carbocycles. The normalized spacial score (nSPS) is 41.4. The van der Waals surface area contributed by atoms with E-state index in [1.165, 1.54) is 38.5 Å². The molecule has 2 bridgehead atoms. The fraction of sp³-hybridized carbons (Fsp3) is 0.842. The second-order valence-electron chi connectivity index (χ2n) is 16.6. The lowest BCUT2D eigenvalue weighted by atomic mass is 9.58. The average Bonchev–Trinajstić information content (AvgIpc) is 3.16. The predicted octanol–water partition coefficient (Wildman–Crippen LogP) is 8.00. The molecule has 0 aromatic heterocycles. The number of unbranched alkanes of at least 4 members (excludes halogenated alkanes) is 8. The predicted molar refractivity (Wildman–Crippen MR) is 172 cm³/mol. The van der Waals surface area contributed by atoms with Crippen molar-refractivity contribution in [3.05, 3.63) is 23.3 Å². The van der Waals surface area contributed by atoms with E-state index in [0.29, 0.717) is 19.4 Å². The van der Waals surface area contributed by atoms with Gasteiger partial charge in [0.2, 0.25) is 0 Å². The molecule has 8 atom stereocenters. The molecule has 7 heteroatoms. The van der Waals surface area contributed by atoms with Crippen LogP contribution in [0.4, 0.5) is 0 Å². The van der Waals surface area contributed by atoms with Gasteiger partial charge in [0.1, 0.15) is 23.4 Å². The Hall–Kier alpha value is -1.54. The molecule has 0 aromatic carbocycles. The van der Waals surface area contributed by atoms with Crippen molar-refractivity contribution in [3.8, 4) is 0 Å². The van der Waals surface area contributed by atoms with Gasteiger partial charge in [0.05, 0.1) is 12.0 Å². The van der Waals surface area contributed by atoms with E-state index in [9.17, 15) is 4.79 Å². The number of rotatable bonds is 11. The number of esters is 1. The Labute approximate surface area is 271 Å². The molecule has 0 N–H and O–H groups in total. The highest BCUT2D eigenvalue weighted by Gasteiger charge is 2.85. The molecule has 4 aliphatic carbocycles. The summed E-state index contributed by atoms with van der Waals surface area (Å²) < 4.78 is 33.3. The van der Waals surface area contributed by atoms with Crippen molar-refractivity contribution in [2.45, 2.75) is 168 Å². The number of hydrogen-bond donors (Lipinski definition) is 0. The Morgan fingerprint density at radius 1 is 0.911 bits per heavy atom. The van der Waals surface area contributed by atoms with Crippen LogP contribution in [0.15, 0.2) is 23.3 Å². The number of fused-ring (bicyclic) bond motifs is 4. The molecule has 2 saturated heterocycles. The first-order chi connectivity index (χ1) is 21.1. The molecule has 45 heavy (non-hydrogen) atoms. The fourth-order valence-corrected chi connectivity index (χ4v) is 10.3. The minimum Gasteiger partial charge on any atom is -0.458 e. The van der Waals surface area contributed by atoms with Crippen LogP contribution in [0.5, 0.6) is 0 Å². The molecule has 6 aliphatic rings. The summed E-state index contributed by atoms with van der Waals surface area (Å²) in [7, 11) is 0. The van der Waals surface area contributed by atoms with Crippen LogP contribution in [-0.2, 0) is 33.3 Å². The summed E-state index contributed by atoms with van der Waals surface area (Å²) in [6.45, 7) is 18.9. The van der Waals surface area contributed by atoms with Gasteiger partial charge in [0, 0.05) is 23.7 Å². The number of carbonyl (C=O) groups is 2. The van der Waals surface area contributed by atoms with E-state index in [-0.39, 0.29) is 29.0 Å². The van der Waals surface area contributed by atoms with Gasteiger partial charge in [0.25, 0.3) is 0 Å². The van der Waals surface area contributed by atoms with Crippen molar-refractivity contribution >= 4 is 11.8 Å². The Balaban J connectivity index is 1.29. The quantitative estimate of drug-likeness (QED) is 0.131. The van der Waals surface area contributed by atoms with E-state index in [4.69, 9.17) is 23.7 Å². The number of carbonyl (C=O) groups excluding carboxylic acids is 2. The van der Waals surface area contributed by atoms with Crippen LogP contribution in [0, 0.1) is 28.6 Å². The van der Waals surface area contributed by atoms with E-state index in [0.717, 1.165) is 30.4 Å². The van der Waals surface area contributed by atoms with Crippen molar-refractivity contribution in [2.75, 3.05) is 6.61 Å².